The first-order valence-electron chi connectivity index (χ1n) is 8.10. The van der Waals surface area contributed by atoms with Gasteiger partial charge in [0.2, 0.25) is 0 Å². The lowest BCUT2D eigenvalue weighted by Gasteiger charge is -2.32. The Balaban J connectivity index is 1.62. The lowest BCUT2D eigenvalue weighted by molar-refractivity contribution is -0.0340. The minimum atomic E-state index is 0.108. The van der Waals surface area contributed by atoms with Crippen molar-refractivity contribution in [3.05, 3.63) is 40.1 Å². The SMILES string of the molecule is CCCCn1nnnc1CN1CCOC(c2ccc(Br)cc2)C1. The average Bonchev–Trinajstić information content (AvgIpc) is 3.01. The van der Waals surface area contributed by atoms with E-state index in [0.717, 1.165) is 55.9 Å². The van der Waals surface area contributed by atoms with E-state index in [1.165, 1.54) is 5.56 Å². The summed E-state index contributed by atoms with van der Waals surface area (Å²) in [6.45, 7) is 6.34. The molecule has 2 aromatic rings. The third-order valence-electron chi connectivity index (χ3n) is 4.09. The van der Waals surface area contributed by atoms with Crippen molar-refractivity contribution >= 4 is 15.9 Å². The van der Waals surface area contributed by atoms with E-state index in [2.05, 4.69) is 67.5 Å². The van der Waals surface area contributed by atoms with Gasteiger partial charge in [0.25, 0.3) is 0 Å². The van der Waals surface area contributed by atoms with E-state index in [0.29, 0.717) is 0 Å². The summed E-state index contributed by atoms with van der Waals surface area (Å²) < 4.78 is 8.94. The fraction of sp³-hybridized carbons (Fsp3) is 0.562. The predicted molar refractivity (Wildman–Crippen MR) is 90.8 cm³/mol. The van der Waals surface area contributed by atoms with Gasteiger partial charge in [-0.3, -0.25) is 4.90 Å². The molecular formula is C16H22BrN5O. The standard InChI is InChI=1S/C16H22BrN5O/c1-2-3-8-22-16(18-19-20-22)12-21-9-10-23-15(11-21)13-4-6-14(17)7-5-13/h4-7,15H,2-3,8-12H2,1H3. The molecule has 23 heavy (non-hydrogen) atoms. The van der Waals surface area contributed by atoms with Crippen LogP contribution in [-0.4, -0.2) is 44.8 Å². The molecule has 1 atom stereocenters. The number of unbranched alkanes of at least 4 members (excludes halogenated alkanes) is 1. The molecule has 0 radical (unpaired) electrons. The Hall–Kier alpha value is -1.31. The molecule has 1 aliphatic heterocycles. The Morgan fingerprint density at radius 3 is 2.91 bits per heavy atom. The maximum atomic E-state index is 5.93. The van der Waals surface area contributed by atoms with Crippen LogP contribution in [0.15, 0.2) is 28.7 Å². The Kier molecular flexibility index (Phi) is 5.75. The molecule has 0 saturated carbocycles. The van der Waals surface area contributed by atoms with Gasteiger partial charge in [0.15, 0.2) is 5.82 Å². The minimum absolute atomic E-state index is 0.108. The number of benzene rings is 1. The number of nitrogens with zero attached hydrogens (tertiary/aromatic N) is 5. The number of aromatic nitrogens is 4. The van der Waals surface area contributed by atoms with E-state index >= 15 is 0 Å². The van der Waals surface area contributed by atoms with Crippen molar-refractivity contribution in [2.24, 2.45) is 0 Å². The van der Waals surface area contributed by atoms with Crippen LogP contribution in [-0.2, 0) is 17.8 Å². The Morgan fingerprint density at radius 2 is 2.13 bits per heavy atom. The van der Waals surface area contributed by atoms with Gasteiger partial charge in [-0.25, -0.2) is 4.68 Å². The van der Waals surface area contributed by atoms with Crippen LogP contribution in [0.1, 0.15) is 37.3 Å². The molecule has 0 aliphatic carbocycles. The first-order valence-corrected chi connectivity index (χ1v) is 8.90. The van der Waals surface area contributed by atoms with Gasteiger partial charge in [-0.15, -0.1) is 5.10 Å². The second kappa shape index (κ2) is 7.99. The van der Waals surface area contributed by atoms with Crippen LogP contribution >= 0.6 is 15.9 Å². The predicted octanol–water partition coefficient (Wildman–Crippen LogP) is 2.81. The first-order chi connectivity index (χ1) is 11.3. The molecule has 1 aromatic carbocycles. The van der Waals surface area contributed by atoms with Crippen LogP contribution in [0, 0.1) is 0 Å². The summed E-state index contributed by atoms with van der Waals surface area (Å²) in [6.07, 6.45) is 2.35. The lowest BCUT2D eigenvalue weighted by Crippen LogP contribution is -2.38. The number of halogens is 1. The number of tetrazole rings is 1. The maximum Gasteiger partial charge on any atom is 0.165 e. The van der Waals surface area contributed by atoms with Crippen LogP contribution in [0.5, 0.6) is 0 Å². The molecule has 3 rings (SSSR count). The van der Waals surface area contributed by atoms with Crippen molar-refractivity contribution in [1.82, 2.24) is 25.1 Å². The molecule has 7 heteroatoms. The van der Waals surface area contributed by atoms with Gasteiger partial charge in [0, 0.05) is 24.1 Å². The van der Waals surface area contributed by atoms with Gasteiger partial charge in [0.1, 0.15) is 0 Å². The van der Waals surface area contributed by atoms with Crippen molar-refractivity contribution in [3.63, 3.8) is 0 Å². The lowest BCUT2D eigenvalue weighted by atomic mass is 10.1. The van der Waals surface area contributed by atoms with Gasteiger partial charge in [-0.1, -0.05) is 41.4 Å². The highest BCUT2D eigenvalue weighted by Crippen LogP contribution is 2.24. The molecule has 0 bridgehead atoms. The molecule has 124 valence electrons. The van der Waals surface area contributed by atoms with E-state index in [4.69, 9.17) is 4.74 Å². The summed E-state index contributed by atoms with van der Waals surface area (Å²) in [7, 11) is 0. The molecule has 0 amide bonds. The molecule has 2 heterocycles. The second-order valence-electron chi connectivity index (χ2n) is 5.82. The summed E-state index contributed by atoms with van der Waals surface area (Å²) in [4.78, 5) is 2.37. The molecule has 1 saturated heterocycles. The third kappa shape index (κ3) is 4.37. The van der Waals surface area contributed by atoms with Crippen molar-refractivity contribution < 1.29 is 4.74 Å². The Morgan fingerprint density at radius 1 is 1.30 bits per heavy atom. The molecule has 1 fully saturated rings. The summed E-state index contributed by atoms with van der Waals surface area (Å²) >= 11 is 3.47. The summed E-state index contributed by atoms with van der Waals surface area (Å²) in [5, 5.41) is 12.1. The highest BCUT2D eigenvalue weighted by molar-refractivity contribution is 9.10. The maximum absolute atomic E-state index is 5.93. The number of morpholine rings is 1. The van der Waals surface area contributed by atoms with E-state index in [-0.39, 0.29) is 6.10 Å². The van der Waals surface area contributed by atoms with Gasteiger partial charge in [-0.2, -0.15) is 0 Å². The van der Waals surface area contributed by atoms with Crippen LogP contribution in [0.2, 0.25) is 0 Å². The van der Waals surface area contributed by atoms with Crippen LogP contribution in [0.4, 0.5) is 0 Å². The van der Waals surface area contributed by atoms with E-state index in [1.807, 2.05) is 4.68 Å². The summed E-state index contributed by atoms with van der Waals surface area (Å²) in [5.41, 5.74) is 1.21. The highest BCUT2D eigenvalue weighted by Gasteiger charge is 2.23. The second-order valence-corrected chi connectivity index (χ2v) is 6.73. The molecule has 0 N–H and O–H groups in total. The molecular weight excluding hydrogens is 358 g/mol. The molecule has 1 unspecified atom stereocenters. The van der Waals surface area contributed by atoms with Gasteiger partial charge in [0.05, 0.1) is 19.3 Å². The molecule has 0 spiro atoms. The largest absolute Gasteiger partial charge is 0.371 e. The van der Waals surface area contributed by atoms with Crippen LogP contribution in [0.3, 0.4) is 0 Å². The van der Waals surface area contributed by atoms with E-state index < -0.39 is 0 Å². The number of hydrogen-bond donors (Lipinski definition) is 0. The van der Waals surface area contributed by atoms with Gasteiger partial charge >= 0.3 is 0 Å². The van der Waals surface area contributed by atoms with Crippen molar-refractivity contribution in [1.29, 1.82) is 0 Å². The smallest absolute Gasteiger partial charge is 0.165 e. The Labute approximate surface area is 144 Å². The summed E-state index contributed by atoms with van der Waals surface area (Å²) in [5.74, 6) is 0.940. The van der Waals surface area contributed by atoms with E-state index in [9.17, 15) is 0 Å². The van der Waals surface area contributed by atoms with Gasteiger partial charge in [-0.05, 0) is 34.5 Å². The minimum Gasteiger partial charge on any atom is -0.371 e. The zero-order chi connectivity index (χ0) is 16.1. The van der Waals surface area contributed by atoms with E-state index in [1.54, 1.807) is 0 Å². The summed E-state index contributed by atoms with van der Waals surface area (Å²) in [6, 6.07) is 8.35. The number of hydrogen-bond acceptors (Lipinski definition) is 5. The zero-order valence-corrected chi connectivity index (χ0v) is 14.9. The third-order valence-corrected chi connectivity index (χ3v) is 4.62. The number of ether oxygens (including phenoxy) is 1. The van der Waals surface area contributed by atoms with Gasteiger partial charge < -0.3 is 4.74 Å². The normalized spacial score (nSPS) is 19.1. The Bertz CT molecular complexity index is 615. The number of aryl methyl sites for hydroxylation is 1. The van der Waals surface area contributed by atoms with Crippen molar-refractivity contribution in [2.75, 3.05) is 19.7 Å². The molecule has 1 aliphatic rings. The van der Waals surface area contributed by atoms with Crippen molar-refractivity contribution in [3.8, 4) is 0 Å². The molecule has 1 aromatic heterocycles. The monoisotopic (exact) mass is 379 g/mol. The topological polar surface area (TPSA) is 56.1 Å². The molecule has 6 nitrogen and oxygen atoms in total. The number of rotatable bonds is 6. The highest BCUT2D eigenvalue weighted by atomic mass is 79.9. The van der Waals surface area contributed by atoms with Crippen molar-refractivity contribution in [2.45, 2.75) is 39.0 Å². The first kappa shape index (κ1) is 16.5. The average molecular weight is 380 g/mol. The quantitative estimate of drug-likeness (QED) is 0.772. The fourth-order valence-corrected chi connectivity index (χ4v) is 3.01. The fourth-order valence-electron chi connectivity index (χ4n) is 2.74. The zero-order valence-electron chi connectivity index (χ0n) is 13.4. The van der Waals surface area contributed by atoms with Crippen LogP contribution < -0.4 is 0 Å². The van der Waals surface area contributed by atoms with Crippen LogP contribution in [0.25, 0.3) is 0 Å².